The summed E-state index contributed by atoms with van der Waals surface area (Å²) in [5.74, 6) is -0.0894. The summed E-state index contributed by atoms with van der Waals surface area (Å²) in [6.45, 7) is 1.87. The SMILES string of the molecule is CC(N)c1nc(C(=O)NC2CC=CCC2)cs1. The van der Waals surface area contributed by atoms with Crippen molar-refractivity contribution in [2.75, 3.05) is 0 Å². The molecule has 4 nitrogen and oxygen atoms in total. The first kappa shape index (κ1) is 12.3. The fourth-order valence-corrected chi connectivity index (χ4v) is 2.54. The lowest BCUT2D eigenvalue weighted by atomic mass is 10.0. The highest BCUT2D eigenvalue weighted by Crippen LogP contribution is 2.17. The van der Waals surface area contributed by atoms with Gasteiger partial charge in [-0.2, -0.15) is 0 Å². The molecule has 1 aliphatic rings. The van der Waals surface area contributed by atoms with Crippen LogP contribution in [0.3, 0.4) is 0 Å². The Morgan fingerprint density at radius 3 is 3.06 bits per heavy atom. The molecule has 0 radical (unpaired) electrons. The van der Waals surface area contributed by atoms with Gasteiger partial charge in [0.15, 0.2) is 0 Å². The summed E-state index contributed by atoms with van der Waals surface area (Å²) in [6, 6.07) is 0.132. The molecule has 1 heterocycles. The highest BCUT2D eigenvalue weighted by atomic mass is 32.1. The summed E-state index contributed by atoms with van der Waals surface area (Å²) in [6.07, 6.45) is 7.22. The van der Waals surface area contributed by atoms with Crippen LogP contribution in [0.1, 0.15) is 47.7 Å². The first-order chi connectivity index (χ1) is 8.16. The Bertz CT molecular complexity index is 425. The number of carbonyl (C=O) groups is 1. The van der Waals surface area contributed by atoms with E-state index in [2.05, 4.69) is 22.5 Å². The van der Waals surface area contributed by atoms with E-state index in [9.17, 15) is 4.79 Å². The number of amides is 1. The van der Waals surface area contributed by atoms with Gasteiger partial charge in [0.1, 0.15) is 10.7 Å². The molecule has 2 atom stereocenters. The van der Waals surface area contributed by atoms with Gasteiger partial charge in [-0.3, -0.25) is 4.79 Å². The Balaban J connectivity index is 1.96. The van der Waals surface area contributed by atoms with Gasteiger partial charge < -0.3 is 11.1 Å². The van der Waals surface area contributed by atoms with E-state index < -0.39 is 0 Å². The molecule has 92 valence electrons. The molecule has 1 aromatic rings. The summed E-state index contributed by atoms with van der Waals surface area (Å²) in [4.78, 5) is 16.2. The van der Waals surface area contributed by atoms with Crippen LogP contribution in [0.25, 0.3) is 0 Å². The quantitative estimate of drug-likeness (QED) is 0.807. The van der Waals surface area contributed by atoms with Crippen LogP contribution in [0.2, 0.25) is 0 Å². The van der Waals surface area contributed by atoms with Gasteiger partial charge in [0.05, 0.1) is 6.04 Å². The predicted octanol–water partition coefficient (Wildman–Crippen LogP) is 2.00. The van der Waals surface area contributed by atoms with Gasteiger partial charge in [-0.25, -0.2) is 4.98 Å². The lowest BCUT2D eigenvalue weighted by molar-refractivity contribution is 0.0930. The molecule has 1 aliphatic carbocycles. The van der Waals surface area contributed by atoms with Gasteiger partial charge >= 0.3 is 0 Å². The monoisotopic (exact) mass is 251 g/mol. The zero-order valence-corrected chi connectivity index (χ0v) is 10.7. The van der Waals surface area contributed by atoms with Crippen molar-refractivity contribution in [2.24, 2.45) is 5.73 Å². The van der Waals surface area contributed by atoms with Gasteiger partial charge in [-0.1, -0.05) is 12.2 Å². The molecule has 17 heavy (non-hydrogen) atoms. The summed E-state index contributed by atoms with van der Waals surface area (Å²) in [7, 11) is 0. The third-order valence-electron chi connectivity index (χ3n) is 2.75. The lowest BCUT2D eigenvalue weighted by Gasteiger charge is -2.18. The van der Waals surface area contributed by atoms with E-state index in [1.54, 1.807) is 5.38 Å². The number of rotatable bonds is 3. The topological polar surface area (TPSA) is 68.0 Å². The second-order valence-electron chi connectivity index (χ2n) is 4.31. The molecule has 0 spiro atoms. The molecule has 2 rings (SSSR count). The smallest absolute Gasteiger partial charge is 0.270 e. The van der Waals surface area contributed by atoms with Crippen molar-refractivity contribution in [1.82, 2.24) is 10.3 Å². The maximum atomic E-state index is 11.9. The van der Waals surface area contributed by atoms with Crippen LogP contribution in [0, 0.1) is 0 Å². The molecular weight excluding hydrogens is 234 g/mol. The Labute approximate surface area is 105 Å². The van der Waals surface area contributed by atoms with E-state index in [0.29, 0.717) is 5.69 Å². The normalized spacial score (nSPS) is 21.2. The molecule has 1 aromatic heterocycles. The zero-order chi connectivity index (χ0) is 12.3. The number of nitrogens with two attached hydrogens (primary N) is 1. The second-order valence-corrected chi connectivity index (χ2v) is 5.20. The van der Waals surface area contributed by atoms with Gasteiger partial charge in [-0.15, -0.1) is 11.3 Å². The van der Waals surface area contributed by atoms with Crippen LogP contribution in [-0.2, 0) is 0 Å². The standard InChI is InChI=1S/C12H17N3OS/c1-8(13)12-15-10(7-17-12)11(16)14-9-5-3-2-4-6-9/h2-3,7-9H,4-6,13H2,1H3,(H,14,16). The highest BCUT2D eigenvalue weighted by Gasteiger charge is 2.17. The number of carbonyl (C=O) groups excluding carboxylic acids is 1. The number of nitrogens with one attached hydrogen (secondary N) is 1. The van der Waals surface area contributed by atoms with E-state index in [4.69, 9.17) is 5.73 Å². The van der Waals surface area contributed by atoms with E-state index in [-0.39, 0.29) is 18.0 Å². The van der Waals surface area contributed by atoms with Crippen LogP contribution < -0.4 is 11.1 Å². The van der Waals surface area contributed by atoms with Crippen molar-refractivity contribution in [3.05, 3.63) is 28.2 Å². The van der Waals surface area contributed by atoms with Crippen molar-refractivity contribution in [2.45, 2.75) is 38.3 Å². The number of hydrogen-bond acceptors (Lipinski definition) is 4. The largest absolute Gasteiger partial charge is 0.348 e. The van der Waals surface area contributed by atoms with Crippen LogP contribution in [0.5, 0.6) is 0 Å². The first-order valence-electron chi connectivity index (χ1n) is 5.83. The second kappa shape index (κ2) is 5.42. The molecule has 3 N–H and O–H groups in total. The Morgan fingerprint density at radius 2 is 2.47 bits per heavy atom. The number of allylic oxidation sites excluding steroid dienone is 1. The van der Waals surface area contributed by atoms with Crippen LogP contribution in [-0.4, -0.2) is 16.9 Å². The van der Waals surface area contributed by atoms with E-state index >= 15 is 0 Å². The zero-order valence-electron chi connectivity index (χ0n) is 9.85. The predicted molar refractivity (Wildman–Crippen MR) is 69.0 cm³/mol. The molecule has 0 aromatic carbocycles. The Morgan fingerprint density at radius 1 is 1.65 bits per heavy atom. The third-order valence-corrected chi connectivity index (χ3v) is 3.79. The summed E-state index contributed by atoms with van der Waals surface area (Å²) >= 11 is 1.44. The summed E-state index contributed by atoms with van der Waals surface area (Å²) < 4.78 is 0. The minimum atomic E-state index is -0.112. The maximum Gasteiger partial charge on any atom is 0.270 e. The van der Waals surface area contributed by atoms with Crippen molar-refractivity contribution in [3.63, 3.8) is 0 Å². The van der Waals surface area contributed by atoms with Crippen LogP contribution in [0.4, 0.5) is 0 Å². The molecule has 0 aliphatic heterocycles. The van der Waals surface area contributed by atoms with E-state index in [0.717, 1.165) is 24.3 Å². The number of aromatic nitrogens is 1. The molecule has 1 amide bonds. The average Bonchev–Trinajstić information content (AvgIpc) is 2.79. The molecular formula is C12H17N3OS. The lowest BCUT2D eigenvalue weighted by Crippen LogP contribution is -2.35. The van der Waals surface area contributed by atoms with E-state index in [1.807, 2.05) is 6.92 Å². The van der Waals surface area contributed by atoms with Crippen molar-refractivity contribution in [3.8, 4) is 0 Å². The molecule has 5 heteroatoms. The number of nitrogens with zero attached hydrogens (tertiary/aromatic N) is 1. The van der Waals surface area contributed by atoms with Crippen LogP contribution in [0.15, 0.2) is 17.5 Å². The van der Waals surface area contributed by atoms with Gasteiger partial charge in [0.25, 0.3) is 5.91 Å². The minimum Gasteiger partial charge on any atom is -0.348 e. The number of hydrogen-bond donors (Lipinski definition) is 2. The minimum absolute atomic E-state index is 0.0894. The van der Waals surface area contributed by atoms with Crippen molar-refractivity contribution < 1.29 is 4.79 Å². The molecule has 2 unspecified atom stereocenters. The van der Waals surface area contributed by atoms with Crippen LogP contribution >= 0.6 is 11.3 Å². The van der Waals surface area contributed by atoms with Gasteiger partial charge in [0, 0.05) is 11.4 Å². The molecule has 0 fully saturated rings. The fraction of sp³-hybridized carbons (Fsp3) is 0.500. The van der Waals surface area contributed by atoms with E-state index in [1.165, 1.54) is 11.3 Å². The van der Waals surface area contributed by atoms with Crippen molar-refractivity contribution in [1.29, 1.82) is 0 Å². The first-order valence-corrected chi connectivity index (χ1v) is 6.71. The summed E-state index contributed by atoms with van der Waals surface area (Å²) in [5, 5.41) is 5.58. The maximum absolute atomic E-state index is 11.9. The third kappa shape index (κ3) is 3.14. The van der Waals surface area contributed by atoms with Gasteiger partial charge in [0.2, 0.25) is 0 Å². The van der Waals surface area contributed by atoms with Gasteiger partial charge in [-0.05, 0) is 26.2 Å². The molecule has 0 saturated carbocycles. The highest BCUT2D eigenvalue weighted by molar-refractivity contribution is 7.09. The molecule has 0 saturated heterocycles. The molecule has 0 bridgehead atoms. The number of thiazole rings is 1. The Hall–Kier alpha value is -1.20. The summed E-state index contributed by atoms with van der Waals surface area (Å²) in [5.41, 5.74) is 6.20. The Kier molecular flexibility index (Phi) is 3.91. The fourth-order valence-electron chi connectivity index (χ4n) is 1.79. The average molecular weight is 251 g/mol. The van der Waals surface area contributed by atoms with Crippen molar-refractivity contribution >= 4 is 17.2 Å².